The average molecular weight is 436 g/mol. The standard InChI is InChI=1S/C16H25FN4O.HI/c1-11-6-7-12(10-13(11)17)14(22)19-8-9-20-15(18-5)21-16(2,3)4;/h6-7,10H,8-9H2,1-5H3,(H,19,22)(H2,18,20,21);1H. The molecular formula is C16H26FIN4O. The fourth-order valence-corrected chi connectivity index (χ4v) is 1.73. The molecule has 5 nitrogen and oxygen atoms in total. The molecule has 0 saturated carbocycles. The van der Waals surface area contributed by atoms with Crippen LogP contribution in [0.3, 0.4) is 0 Å². The van der Waals surface area contributed by atoms with Gasteiger partial charge < -0.3 is 16.0 Å². The molecule has 0 radical (unpaired) electrons. The summed E-state index contributed by atoms with van der Waals surface area (Å²) < 4.78 is 13.4. The normalized spacial score (nSPS) is 11.5. The van der Waals surface area contributed by atoms with Gasteiger partial charge in [-0.1, -0.05) is 6.07 Å². The van der Waals surface area contributed by atoms with Gasteiger partial charge in [0.1, 0.15) is 5.82 Å². The second-order valence-electron chi connectivity index (χ2n) is 6.09. The zero-order chi connectivity index (χ0) is 16.8. The van der Waals surface area contributed by atoms with Crippen molar-refractivity contribution in [3.63, 3.8) is 0 Å². The zero-order valence-electron chi connectivity index (χ0n) is 14.3. The lowest BCUT2D eigenvalue weighted by atomic mass is 10.1. The number of amides is 1. The zero-order valence-corrected chi connectivity index (χ0v) is 16.6. The molecule has 1 amide bonds. The van der Waals surface area contributed by atoms with E-state index in [4.69, 9.17) is 0 Å². The van der Waals surface area contributed by atoms with E-state index in [0.717, 1.165) is 0 Å². The topological polar surface area (TPSA) is 65.5 Å². The van der Waals surface area contributed by atoms with E-state index >= 15 is 0 Å². The van der Waals surface area contributed by atoms with Crippen molar-refractivity contribution in [3.05, 3.63) is 35.1 Å². The number of carbonyl (C=O) groups is 1. The minimum Gasteiger partial charge on any atom is -0.355 e. The number of benzene rings is 1. The van der Waals surface area contributed by atoms with Crippen LogP contribution in [-0.2, 0) is 0 Å². The van der Waals surface area contributed by atoms with Gasteiger partial charge >= 0.3 is 0 Å². The third-order valence-electron chi connectivity index (χ3n) is 2.85. The van der Waals surface area contributed by atoms with Crippen molar-refractivity contribution >= 4 is 35.8 Å². The van der Waals surface area contributed by atoms with E-state index in [-0.39, 0.29) is 41.2 Å². The molecule has 1 aromatic carbocycles. The number of nitrogens with one attached hydrogen (secondary N) is 3. The Labute approximate surface area is 154 Å². The SMILES string of the molecule is CN=C(NCCNC(=O)c1ccc(C)c(F)c1)NC(C)(C)C.I. The van der Waals surface area contributed by atoms with Crippen LogP contribution in [0.2, 0.25) is 0 Å². The summed E-state index contributed by atoms with van der Waals surface area (Å²) in [6.07, 6.45) is 0. The van der Waals surface area contributed by atoms with Crippen LogP contribution in [0, 0.1) is 12.7 Å². The molecule has 0 fully saturated rings. The maximum Gasteiger partial charge on any atom is 0.251 e. The summed E-state index contributed by atoms with van der Waals surface area (Å²) in [5, 5.41) is 9.06. The van der Waals surface area contributed by atoms with Gasteiger partial charge in [0.05, 0.1) is 0 Å². The van der Waals surface area contributed by atoms with Crippen LogP contribution >= 0.6 is 24.0 Å². The van der Waals surface area contributed by atoms with Crippen LogP contribution in [0.15, 0.2) is 23.2 Å². The van der Waals surface area contributed by atoms with Gasteiger partial charge in [-0.3, -0.25) is 9.79 Å². The first-order valence-corrected chi connectivity index (χ1v) is 7.26. The van der Waals surface area contributed by atoms with Crippen molar-refractivity contribution in [3.8, 4) is 0 Å². The lowest BCUT2D eigenvalue weighted by Crippen LogP contribution is -2.49. The number of nitrogens with zero attached hydrogens (tertiary/aromatic N) is 1. The molecule has 0 spiro atoms. The fourth-order valence-electron chi connectivity index (χ4n) is 1.73. The summed E-state index contributed by atoms with van der Waals surface area (Å²) >= 11 is 0. The van der Waals surface area contributed by atoms with Crippen LogP contribution in [0.1, 0.15) is 36.7 Å². The first kappa shape index (κ1) is 21.6. The molecule has 7 heteroatoms. The van der Waals surface area contributed by atoms with Gasteiger partial charge in [-0.05, 0) is 45.4 Å². The Bertz CT molecular complexity index is 556. The van der Waals surface area contributed by atoms with Crippen LogP contribution < -0.4 is 16.0 Å². The fraction of sp³-hybridized carbons (Fsp3) is 0.500. The van der Waals surface area contributed by atoms with Crippen LogP contribution in [0.25, 0.3) is 0 Å². The Kier molecular flexibility index (Phi) is 9.11. The smallest absolute Gasteiger partial charge is 0.251 e. The van der Waals surface area contributed by atoms with E-state index in [1.54, 1.807) is 26.1 Å². The average Bonchev–Trinajstić information content (AvgIpc) is 2.43. The van der Waals surface area contributed by atoms with E-state index in [1.807, 2.05) is 20.8 Å². The number of halogens is 2. The highest BCUT2D eigenvalue weighted by Crippen LogP contribution is 2.08. The minimum absolute atomic E-state index is 0. The molecule has 3 N–H and O–H groups in total. The molecule has 0 aliphatic rings. The molecule has 0 aromatic heterocycles. The third-order valence-corrected chi connectivity index (χ3v) is 2.85. The van der Waals surface area contributed by atoms with E-state index in [9.17, 15) is 9.18 Å². The molecule has 23 heavy (non-hydrogen) atoms. The predicted octanol–water partition coefficient (Wildman–Crippen LogP) is 2.45. The number of aliphatic imine (C=N–C) groups is 1. The van der Waals surface area contributed by atoms with Gasteiger partial charge in [0.15, 0.2) is 5.96 Å². The van der Waals surface area contributed by atoms with Gasteiger partial charge in [0, 0.05) is 31.2 Å². The second-order valence-corrected chi connectivity index (χ2v) is 6.09. The molecule has 0 saturated heterocycles. The van der Waals surface area contributed by atoms with Gasteiger partial charge in [0.25, 0.3) is 5.91 Å². The first-order chi connectivity index (χ1) is 10.2. The number of rotatable bonds is 4. The van der Waals surface area contributed by atoms with E-state index in [0.29, 0.717) is 30.2 Å². The van der Waals surface area contributed by atoms with Crippen molar-refractivity contribution in [2.24, 2.45) is 4.99 Å². The maximum absolute atomic E-state index is 13.4. The summed E-state index contributed by atoms with van der Waals surface area (Å²) in [5.41, 5.74) is 0.750. The number of hydrogen-bond donors (Lipinski definition) is 3. The van der Waals surface area contributed by atoms with Gasteiger partial charge in [0.2, 0.25) is 0 Å². The van der Waals surface area contributed by atoms with Gasteiger partial charge in [-0.25, -0.2) is 4.39 Å². The second kappa shape index (κ2) is 9.69. The summed E-state index contributed by atoms with van der Waals surface area (Å²) in [4.78, 5) is 16.0. The largest absolute Gasteiger partial charge is 0.355 e. The lowest BCUT2D eigenvalue weighted by Gasteiger charge is -2.23. The molecular weight excluding hydrogens is 410 g/mol. The molecule has 1 rings (SSSR count). The van der Waals surface area contributed by atoms with Gasteiger partial charge in [-0.2, -0.15) is 0 Å². The minimum atomic E-state index is -0.374. The highest BCUT2D eigenvalue weighted by molar-refractivity contribution is 14.0. The molecule has 1 aromatic rings. The number of aryl methyl sites for hydroxylation is 1. The van der Waals surface area contributed by atoms with Crippen molar-refractivity contribution in [1.29, 1.82) is 0 Å². The summed E-state index contributed by atoms with van der Waals surface area (Å²) in [5.74, 6) is 0.00292. The molecule has 0 atom stereocenters. The van der Waals surface area contributed by atoms with Crippen LogP contribution in [0.5, 0.6) is 0 Å². The Hall–Kier alpha value is -1.38. The molecule has 0 bridgehead atoms. The third kappa shape index (κ3) is 8.15. The van der Waals surface area contributed by atoms with E-state index in [1.165, 1.54) is 6.07 Å². The molecule has 0 aliphatic heterocycles. The Morgan fingerprint density at radius 2 is 1.83 bits per heavy atom. The number of guanidine groups is 1. The van der Waals surface area contributed by atoms with Crippen molar-refractivity contribution in [1.82, 2.24) is 16.0 Å². The molecule has 0 heterocycles. The number of carbonyl (C=O) groups excluding carboxylic acids is 1. The molecule has 130 valence electrons. The van der Waals surface area contributed by atoms with Crippen molar-refractivity contribution < 1.29 is 9.18 Å². The van der Waals surface area contributed by atoms with Crippen molar-refractivity contribution in [2.75, 3.05) is 20.1 Å². The highest BCUT2D eigenvalue weighted by Gasteiger charge is 2.11. The first-order valence-electron chi connectivity index (χ1n) is 7.26. The summed E-state index contributed by atoms with van der Waals surface area (Å²) in [6, 6.07) is 4.46. The number of hydrogen-bond acceptors (Lipinski definition) is 2. The monoisotopic (exact) mass is 436 g/mol. The van der Waals surface area contributed by atoms with E-state index < -0.39 is 0 Å². The van der Waals surface area contributed by atoms with Crippen LogP contribution in [-0.4, -0.2) is 37.5 Å². The maximum atomic E-state index is 13.4. The Balaban J connectivity index is 0.00000484. The summed E-state index contributed by atoms with van der Waals surface area (Å²) in [7, 11) is 1.69. The Morgan fingerprint density at radius 1 is 1.22 bits per heavy atom. The Morgan fingerprint density at radius 3 is 2.35 bits per heavy atom. The predicted molar refractivity (Wildman–Crippen MR) is 103 cm³/mol. The highest BCUT2D eigenvalue weighted by atomic mass is 127. The quantitative estimate of drug-likeness (QED) is 0.294. The molecule has 0 aliphatic carbocycles. The van der Waals surface area contributed by atoms with Gasteiger partial charge in [-0.15, -0.1) is 24.0 Å². The summed E-state index contributed by atoms with van der Waals surface area (Å²) in [6.45, 7) is 8.71. The van der Waals surface area contributed by atoms with E-state index in [2.05, 4.69) is 20.9 Å². The molecule has 0 unspecified atom stereocenters. The van der Waals surface area contributed by atoms with Crippen LogP contribution in [0.4, 0.5) is 4.39 Å². The lowest BCUT2D eigenvalue weighted by molar-refractivity contribution is 0.0954. The van der Waals surface area contributed by atoms with Crippen molar-refractivity contribution in [2.45, 2.75) is 33.2 Å².